The van der Waals surface area contributed by atoms with Crippen molar-refractivity contribution in [3.05, 3.63) is 41.7 Å². The molecule has 0 aliphatic carbocycles. The molecule has 3 rings (SSSR count). The standard InChI is InChI=1S/C17H16F5N3O2/c1-9-7-24(15(26)16(2,27)17(20,21)22)8-11-6-23-14(25(9)11)12-4-3-10(18)5-13(12)19/h3-6,9,27H,7-8H2,1-2H3/t9-,16?/m1/s1. The largest absolute Gasteiger partial charge is 0.426 e. The van der Waals surface area contributed by atoms with Crippen molar-refractivity contribution in [2.45, 2.75) is 38.2 Å². The van der Waals surface area contributed by atoms with Gasteiger partial charge in [-0.2, -0.15) is 13.2 Å². The first-order valence-electron chi connectivity index (χ1n) is 8.03. The molecule has 2 aromatic rings. The first kappa shape index (κ1) is 19.3. The van der Waals surface area contributed by atoms with Gasteiger partial charge >= 0.3 is 6.18 Å². The monoisotopic (exact) mass is 389 g/mol. The van der Waals surface area contributed by atoms with Crippen LogP contribution in [0.4, 0.5) is 22.0 Å². The van der Waals surface area contributed by atoms with Crippen LogP contribution in [0.1, 0.15) is 25.6 Å². The smallest absolute Gasteiger partial charge is 0.373 e. The van der Waals surface area contributed by atoms with Gasteiger partial charge in [-0.1, -0.05) is 0 Å². The molecular weight excluding hydrogens is 373 g/mol. The zero-order valence-electron chi connectivity index (χ0n) is 14.4. The number of nitrogens with zero attached hydrogens (tertiary/aromatic N) is 3. The molecule has 27 heavy (non-hydrogen) atoms. The van der Waals surface area contributed by atoms with Crippen molar-refractivity contribution in [2.24, 2.45) is 0 Å². The molecule has 10 heteroatoms. The normalized spacial score (nSPS) is 19.6. The third-order valence-corrected chi connectivity index (χ3v) is 4.58. The Morgan fingerprint density at radius 1 is 1.30 bits per heavy atom. The maximum absolute atomic E-state index is 14.1. The van der Waals surface area contributed by atoms with Crippen molar-refractivity contribution in [1.82, 2.24) is 14.5 Å². The SMILES string of the molecule is C[C@@H]1CN(C(=O)C(C)(O)C(F)(F)F)Cc2cnc(-c3ccc(F)cc3F)n21. The second-order valence-electron chi connectivity index (χ2n) is 6.67. The Hall–Kier alpha value is -2.49. The zero-order valence-corrected chi connectivity index (χ0v) is 14.4. The number of imidazole rings is 1. The second-order valence-corrected chi connectivity index (χ2v) is 6.67. The van der Waals surface area contributed by atoms with E-state index in [0.717, 1.165) is 11.0 Å². The van der Waals surface area contributed by atoms with E-state index in [-0.39, 0.29) is 24.5 Å². The van der Waals surface area contributed by atoms with Crippen LogP contribution in [0.25, 0.3) is 11.4 Å². The Balaban J connectivity index is 1.95. The Morgan fingerprint density at radius 3 is 2.56 bits per heavy atom. The molecule has 0 radical (unpaired) electrons. The fourth-order valence-corrected chi connectivity index (χ4v) is 3.12. The molecule has 2 heterocycles. The molecule has 1 aromatic heterocycles. The predicted octanol–water partition coefficient (Wildman–Crippen LogP) is 3.04. The summed E-state index contributed by atoms with van der Waals surface area (Å²) in [6.07, 6.45) is -3.80. The van der Waals surface area contributed by atoms with Crippen molar-refractivity contribution < 1.29 is 31.9 Å². The van der Waals surface area contributed by atoms with E-state index < -0.39 is 35.4 Å². The molecule has 1 unspecified atom stereocenters. The number of fused-ring (bicyclic) bond motifs is 1. The lowest BCUT2D eigenvalue weighted by Gasteiger charge is -2.37. The molecule has 0 saturated heterocycles. The Labute approximate surface area is 151 Å². The molecule has 0 spiro atoms. The number of benzene rings is 1. The van der Waals surface area contributed by atoms with Gasteiger partial charge in [-0.15, -0.1) is 0 Å². The van der Waals surface area contributed by atoms with Crippen LogP contribution in [0.15, 0.2) is 24.4 Å². The number of carbonyl (C=O) groups excluding carboxylic acids is 1. The zero-order chi connectivity index (χ0) is 20.1. The minimum absolute atomic E-state index is 0.0385. The molecule has 2 atom stereocenters. The summed E-state index contributed by atoms with van der Waals surface area (Å²) in [6, 6.07) is 2.47. The number of carbonyl (C=O) groups is 1. The average molecular weight is 389 g/mol. The third-order valence-electron chi connectivity index (χ3n) is 4.58. The summed E-state index contributed by atoms with van der Waals surface area (Å²) >= 11 is 0. The van der Waals surface area contributed by atoms with E-state index in [2.05, 4.69) is 4.98 Å². The molecule has 1 aromatic carbocycles. The molecule has 0 saturated carbocycles. The van der Waals surface area contributed by atoms with Crippen molar-refractivity contribution >= 4 is 5.91 Å². The molecule has 1 aliphatic rings. The van der Waals surface area contributed by atoms with Crippen LogP contribution >= 0.6 is 0 Å². The Bertz CT molecular complexity index is 891. The summed E-state index contributed by atoms with van der Waals surface area (Å²) in [5.41, 5.74) is -3.10. The summed E-state index contributed by atoms with van der Waals surface area (Å²) < 4.78 is 67.6. The highest BCUT2D eigenvalue weighted by atomic mass is 19.4. The first-order valence-corrected chi connectivity index (χ1v) is 8.03. The average Bonchev–Trinajstić information content (AvgIpc) is 2.97. The number of hydrogen-bond acceptors (Lipinski definition) is 3. The van der Waals surface area contributed by atoms with Crippen molar-refractivity contribution in [2.75, 3.05) is 6.54 Å². The molecule has 5 nitrogen and oxygen atoms in total. The maximum atomic E-state index is 14.1. The van der Waals surface area contributed by atoms with Crippen LogP contribution in [0.3, 0.4) is 0 Å². The van der Waals surface area contributed by atoms with Gasteiger partial charge in [0.1, 0.15) is 17.5 Å². The van der Waals surface area contributed by atoms with E-state index in [4.69, 9.17) is 0 Å². The molecule has 1 amide bonds. The maximum Gasteiger partial charge on any atom is 0.426 e. The fraction of sp³-hybridized carbons (Fsp3) is 0.412. The van der Waals surface area contributed by atoms with Gasteiger partial charge in [-0.25, -0.2) is 13.8 Å². The Kier molecular flexibility index (Phi) is 4.49. The summed E-state index contributed by atoms with van der Waals surface area (Å²) in [4.78, 5) is 17.2. The molecule has 0 bridgehead atoms. The number of aromatic nitrogens is 2. The lowest BCUT2D eigenvalue weighted by atomic mass is 10.0. The fourth-order valence-electron chi connectivity index (χ4n) is 3.12. The lowest BCUT2D eigenvalue weighted by Crippen LogP contribution is -2.57. The number of hydrogen-bond donors (Lipinski definition) is 1. The lowest BCUT2D eigenvalue weighted by molar-refractivity contribution is -0.251. The Morgan fingerprint density at radius 2 is 1.96 bits per heavy atom. The molecule has 0 fully saturated rings. The van der Waals surface area contributed by atoms with Crippen LogP contribution in [0, 0.1) is 11.6 Å². The van der Waals surface area contributed by atoms with E-state index in [1.54, 1.807) is 11.5 Å². The van der Waals surface area contributed by atoms with Crippen LogP contribution in [-0.2, 0) is 11.3 Å². The minimum atomic E-state index is -5.12. The highest BCUT2D eigenvalue weighted by molar-refractivity contribution is 5.85. The van der Waals surface area contributed by atoms with Crippen LogP contribution in [0.2, 0.25) is 0 Å². The van der Waals surface area contributed by atoms with E-state index in [0.29, 0.717) is 18.7 Å². The summed E-state index contributed by atoms with van der Waals surface area (Å²) in [5.74, 6) is -2.86. The second kappa shape index (κ2) is 6.29. The molecule has 1 aliphatic heterocycles. The number of rotatable bonds is 2. The number of halogens is 5. The van der Waals surface area contributed by atoms with Gasteiger partial charge in [0.15, 0.2) is 0 Å². The van der Waals surface area contributed by atoms with Crippen LogP contribution in [0.5, 0.6) is 0 Å². The highest BCUT2D eigenvalue weighted by Gasteiger charge is 2.57. The molecule has 146 valence electrons. The van der Waals surface area contributed by atoms with Crippen molar-refractivity contribution in [1.29, 1.82) is 0 Å². The van der Waals surface area contributed by atoms with Gasteiger partial charge < -0.3 is 14.6 Å². The quantitative estimate of drug-likeness (QED) is 0.804. The van der Waals surface area contributed by atoms with E-state index in [9.17, 15) is 31.9 Å². The van der Waals surface area contributed by atoms with Crippen molar-refractivity contribution in [3.63, 3.8) is 0 Å². The van der Waals surface area contributed by atoms with Crippen LogP contribution < -0.4 is 0 Å². The number of amides is 1. The van der Waals surface area contributed by atoms with Gasteiger partial charge in [0.05, 0.1) is 30.0 Å². The van der Waals surface area contributed by atoms with E-state index >= 15 is 0 Å². The summed E-state index contributed by atoms with van der Waals surface area (Å²) in [7, 11) is 0. The highest BCUT2D eigenvalue weighted by Crippen LogP contribution is 2.35. The van der Waals surface area contributed by atoms with Gasteiger partial charge in [-0.3, -0.25) is 4.79 Å². The minimum Gasteiger partial charge on any atom is -0.373 e. The van der Waals surface area contributed by atoms with Gasteiger partial charge in [0, 0.05) is 12.6 Å². The van der Waals surface area contributed by atoms with E-state index in [1.165, 1.54) is 12.3 Å². The predicted molar refractivity (Wildman–Crippen MR) is 84.4 cm³/mol. The number of alkyl halides is 3. The van der Waals surface area contributed by atoms with Gasteiger partial charge in [0.2, 0.25) is 5.60 Å². The topological polar surface area (TPSA) is 58.4 Å². The number of aliphatic hydroxyl groups is 1. The molecule has 1 N–H and O–H groups in total. The first-order chi connectivity index (χ1) is 12.4. The van der Waals surface area contributed by atoms with Gasteiger partial charge in [0.25, 0.3) is 5.91 Å². The summed E-state index contributed by atoms with van der Waals surface area (Å²) in [6.45, 7) is 1.67. The summed E-state index contributed by atoms with van der Waals surface area (Å²) in [5, 5.41) is 9.63. The van der Waals surface area contributed by atoms with Crippen molar-refractivity contribution in [3.8, 4) is 11.4 Å². The molecular formula is C17H16F5N3O2. The van der Waals surface area contributed by atoms with Gasteiger partial charge in [-0.05, 0) is 26.0 Å². The van der Waals surface area contributed by atoms with E-state index in [1.807, 2.05) is 0 Å². The van der Waals surface area contributed by atoms with Crippen LogP contribution in [-0.4, -0.2) is 43.8 Å². The third kappa shape index (κ3) is 3.18.